The summed E-state index contributed by atoms with van der Waals surface area (Å²) in [6.07, 6.45) is 1.77. The second-order valence-corrected chi connectivity index (χ2v) is 6.26. The lowest BCUT2D eigenvalue weighted by Gasteiger charge is -2.22. The molecule has 1 aliphatic heterocycles. The SMILES string of the molecule is COc1cccc(NC(=O)CSc2nnnn2C2CCOCC2)c1. The Morgan fingerprint density at radius 1 is 1.46 bits per heavy atom. The molecule has 1 amide bonds. The van der Waals surface area contributed by atoms with Crippen molar-refractivity contribution in [3.63, 3.8) is 0 Å². The minimum absolute atomic E-state index is 0.116. The Hall–Kier alpha value is -2.13. The number of thioether (sulfide) groups is 1. The van der Waals surface area contributed by atoms with E-state index in [1.807, 2.05) is 18.2 Å². The van der Waals surface area contributed by atoms with Gasteiger partial charge < -0.3 is 14.8 Å². The van der Waals surface area contributed by atoms with Gasteiger partial charge in [-0.25, -0.2) is 4.68 Å². The minimum atomic E-state index is -0.116. The second kappa shape index (κ2) is 8.11. The molecular weight excluding hydrogens is 330 g/mol. The van der Waals surface area contributed by atoms with E-state index in [9.17, 15) is 4.79 Å². The number of tetrazole rings is 1. The van der Waals surface area contributed by atoms with Crippen LogP contribution >= 0.6 is 11.8 Å². The quantitative estimate of drug-likeness (QED) is 0.795. The number of rotatable bonds is 6. The molecule has 2 aromatic rings. The number of aromatic nitrogens is 4. The van der Waals surface area contributed by atoms with Crippen LogP contribution in [0.5, 0.6) is 5.75 Å². The van der Waals surface area contributed by atoms with Gasteiger partial charge in [-0.1, -0.05) is 17.8 Å². The van der Waals surface area contributed by atoms with Crippen molar-refractivity contribution in [1.29, 1.82) is 0 Å². The first kappa shape index (κ1) is 16.7. The Kier molecular flexibility index (Phi) is 5.65. The van der Waals surface area contributed by atoms with E-state index in [-0.39, 0.29) is 17.7 Å². The van der Waals surface area contributed by atoms with Gasteiger partial charge in [-0.2, -0.15) is 0 Å². The highest BCUT2D eigenvalue weighted by molar-refractivity contribution is 7.99. The van der Waals surface area contributed by atoms with Crippen molar-refractivity contribution >= 4 is 23.4 Å². The van der Waals surface area contributed by atoms with Crippen LogP contribution in [0.4, 0.5) is 5.69 Å². The number of ether oxygens (including phenoxy) is 2. The van der Waals surface area contributed by atoms with Crippen molar-refractivity contribution in [2.24, 2.45) is 0 Å². The van der Waals surface area contributed by atoms with E-state index in [0.717, 1.165) is 12.8 Å². The van der Waals surface area contributed by atoms with Gasteiger partial charge in [-0.15, -0.1) is 5.10 Å². The summed E-state index contributed by atoms with van der Waals surface area (Å²) >= 11 is 1.33. The third-order valence-electron chi connectivity index (χ3n) is 3.69. The summed E-state index contributed by atoms with van der Waals surface area (Å²) < 4.78 is 12.3. The summed E-state index contributed by atoms with van der Waals surface area (Å²) in [5.74, 6) is 0.819. The maximum Gasteiger partial charge on any atom is 0.234 e. The highest BCUT2D eigenvalue weighted by atomic mass is 32.2. The van der Waals surface area contributed by atoms with Crippen molar-refractivity contribution in [1.82, 2.24) is 20.2 Å². The second-order valence-electron chi connectivity index (χ2n) is 5.32. The van der Waals surface area contributed by atoms with Gasteiger partial charge in [0.05, 0.1) is 18.9 Å². The predicted octanol–water partition coefficient (Wildman–Crippen LogP) is 1.76. The lowest BCUT2D eigenvalue weighted by Crippen LogP contribution is -2.21. The van der Waals surface area contributed by atoms with Crippen LogP contribution in [0.15, 0.2) is 29.4 Å². The molecule has 0 atom stereocenters. The molecule has 1 N–H and O–H groups in total. The summed E-state index contributed by atoms with van der Waals surface area (Å²) in [7, 11) is 1.59. The van der Waals surface area contributed by atoms with Crippen molar-refractivity contribution < 1.29 is 14.3 Å². The number of amides is 1. The zero-order chi connectivity index (χ0) is 16.8. The smallest absolute Gasteiger partial charge is 0.234 e. The lowest BCUT2D eigenvalue weighted by molar-refractivity contribution is -0.113. The minimum Gasteiger partial charge on any atom is -0.497 e. The number of methoxy groups -OCH3 is 1. The third-order valence-corrected chi connectivity index (χ3v) is 4.62. The molecule has 1 aromatic carbocycles. The molecule has 0 saturated carbocycles. The highest BCUT2D eigenvalue weighted by Gasteiger charge is 2.21. The summed E-state index contributed by atoms with van der Waals surface area (Å²) in [4.78, 5) is 12.1. The molecule has 0 radical (unpaired) electrons. The first-order chi connectivity index (χ1) is 11.8. The molecule has 0 unspecified atom stereocenters. The first-order valence-electron chi connectivity index (χ1n) is 7.68. The van der Waals surface area contributed by atoms with Crippen molar-refractivity contribution in [3.05, 3.63) is 24.3 Å². The molecule has 3 rings (SSSR count). The molecule has 0 bridgehead atoms. The molecular formula is C15H19N5O3S. The van der Waals surface area contributed by atoms with Crippen LogP contribution in [0, 0.1) is 0 Å². The molecule has 9 heteroatoms. The van der Waals surface area contributed by atoms with Crippen LogP contribution in [-0.2, 0) is 9.53 Å². The maximum absolute atomic E-state index is 12.1. The predicted molar refractivity (Wildman–Crippen MR) is 89.3 cm³/mol. The molecule has 1 fully saturated rings. The van der Waals surface area contributed by atoms with Crippen LogP contribution in [0.25, 0.3) is 0 Å². The van der Waals surface area contributed by atoms with Gasteiger partial charge >= 0.3 is 0 Å². The van der Waals surface area contributed by atoms with E-state index in [1.165, 1.54) is 11.8 Å². The summed E-state index contributed by atoms with van der Waals surface area (Å²) in [5.41, 5.74) is 0.698. The van der Waals surface area contributed by atoms with Crippen LogP contribution in [0.1, 0.15) is 18.9 Å². The van der Waals surface area contributed by atoms with Gasteiger partial charge in [-0.3, -0.25) is 4.79 Å². The van der Waals surface area contributed by atoms with Crippen molar-refractivity contribution in [2.45, 2.75) is 24.0 Å². The third kappa shape index (κ3) is 4.24. The van der Waals surface area contributed by atoms with Gasteiger partial charge in [0.15, 0.2) is 0 Å². The number of nitrogens with zero attached hydrogens (tertiary/aromatic N) is 4. The Bertz CT molecular complexity index is 687. The molecule has 24 heavy (non-hydrogen) atoms. The van der Waals surface area contributed by atoms with E-state index < -0.39 is 0 Å². The average Bonchev–Trinajstić information content (AvgIpc) is 3.09. The van der Waals surface area contributed by atoms with E-state index in [1.54, 1.807) is 17.9 Å². The fourth-order valence-corrected chi connectivity index (χ4v) is 3.21. The van der Waals surface area contributed by atoms with Crippen molar-refractivity contribution in [3.8, 4) is 5.75 Å². The lowest BCUT2D eigenvalue weighted by atomic mass is 10.1. The largest absolute Gasteiger partial charge is 0.497 e. The monoisotopic (exact) mass is 349 g/mol. The van der Waals surface area contributed by atoms with Gasteiger partial charge in [0.25, 0.3) is 0 Å². The number of anilines is 1. The number of carbonyl (C=O) groups is 1. The van der Waals surface area contributed by atoms with E-state index in [4.69, 9.17) is 9.47 Å². The summed E-state index contributed by atoms with van der Waals surface area (Å²) in [6.45, 7) is 1.43. The Morgan fingerprint density at radius 3 is 3.08 bits per heavy atom. The highest BCUT2D eigenvalue weighted by Crippen LogP contribution is 2.25. The van der Waals surface area contributed by atoms with Gasteiger partial charge in [-0.05, 0) is 35.4 Å². The number of benzene rings is 1. The maximum atomic E-state index is 12.1. The van der Waals surface area contributed by atoms with Crippen LogP contribution in [0.3, 0.4) is 0 Å². The summed E-state index contributed by atoms with van der Waals surface area (Å²) in [5, 5.41) is 15.3. The number of nitrogens with one attached hydrogen (secondary N) is 1. The number of carbonyl (C=O) groups excluding carboxylic acids is 1. The normalized spacial score (nSPS) is 15.2. The topological polar surface area (TPSA) is 91.2 Å². The van der Waals surface area contributed by atoms with Gasteiger partial charge in [0, 0.05) is 25.0 Å². The Labute approximate surface area is 143 Å². The number of hydrogen-bond acceptors (Lipinski definition) is 7. The van der Waals surface area contributed by atoms with E-state index in [0.29, 0.717) is 29.8 Å². The van der Waals surface area contributed by atoms with Gasteiger partial charge in [0.2, 0.25) is 11.1 Å². The van der Waals surface area contributed by atoms with Crippen LogP contribution in [-0.4, -0.2) is 52.2 Å². The summed E-state index contributed by atoms with van der Waals surface area (Å²) in [6, 6.07) is 7.48. The van der Waals surface area contributed by atoms with Crippen LogP contribution < -0.4 is 10.1 Å². The molecule has 8 nitrogen and oxygen atoms in total. The Morgan fingerprint density at radius 2 is 2.29 bits per heavy atom. The molecule has 1 aromatic heterocycles. The first-order valence-corrected chi connectivity index (χ1v) is 8.67. The van der Waals surface area contributed by atoms with Crippen molar-refractivity contribution in [2.75, 3.05) is 31.4 Å². The molecule has 1 saturated heterocycles. The fourth-order valence-electron chi connectivity index (χ4n) is 2.47. The Balaban J connectivity index is 1.55. The van der Waals surface area contributed by atoms with Gasteiger partial charge in [0.1, 0.15) is 5.75 Å². The average molecular weight is 349 g/mol. The zero-order valence-electron chi connectivity index (χ0n) is 13.3. The molecule has 1 aliphatic rings. The fraction of sp³-hybridized carbons (Fsp3) is 0.467. The van der Waals surface area contributed by atoms with E-state index >= 15 is 0 Å². The van der Waals surface area contributed by atoms with Crippen LogP contribution in [0.2, 0.25) is 0 Å². The zero-order valence-corrected chi connectivity index (χ0v) is 14.2. The molecule has 2 heterocycles. The molecule has 0 aliphatic carbocycles. The standard InChI is InChI=1S/C15H19N5O3S/c1-22-13-4-2-3-11(9-13)16-14(21)10-24-15-17-18-19-20(15)12-5-7-23-8-6-12/h2-4,9,12H,5-8,10H2,1H3,(H,16,21). The number of hydrogen-bond donors (Lipinski definition) is 1. The molecule has 128 valence electrons. The molecule has 0 spiro atoms. The van der Waals surface area contributed by atoms with E-state index in [2.05, 4.69) is 20.8 Å².